The van der Waals surface area contributed by atoms with Crippen LogP contribution in [0.1, 0.15) is 37.7 Å². The van der Waals surface area contributed by atoms with E-state index in [-0.39, 0.29) is 11.0 Å². The number of hydrogen-bond donors (Lipinski definition) is 1. The Hall–Kier alpha value is -1.91. The van der Waals surface area contributed by atoms with Crippen LogP contribution in [0.2, 0.25) is 0 Å². The van der Waals surface area contributed by atoms with Crippen molar-refractivity contribution in [3.63, 3.8) is 0 Å². The van der Waals surface area contributed by atoms with Gasteiger partial charge in [0.25, 0.3) is 5.56 Å². The molecule has 0 spiro atoms. The van der Waals surface area contributed by atoms with Crippen molar-refractivity contribution in [3.8, 4) is 11.4 Å². The highest BCUT2D eigenvalue weighted by Crippen LogP contribution is 2.29. The van der Waals surface area contributed by atoms with Gasteiger partial charge in [-0.15, -0.1) is 0 Å². The first-order valence-electron chi connectivity index (χ1n) is 6.32. The van der Waals surface area contributed by atoms with Gasteiger partial charge >= 0.3 is 0 Å². The number of aromatic nitrogens is 4. The van der Waals surface area contributed by atoms with Crippen LogP contribution in [0.3, 0.4) is 0 Å². The summed E-state index contributed by atoms with van der Waals surface area (Å²) in [5.74, 6) is 0.589. The topological polar surface area (TPSA) is 63.6 Å². The summed E-state index contributed by atoms with van der Waals surface area (Å²) in [5, 5.41) is 4.49. The molecule has 1 N–H and O–H groups in total. The standard InChI is InChI=1S/C14H20N4O/c1-8-9(2)15-12(16-13(8)19)10-7-18(6)17-11(10)14(3,4)5/h7H,1-6H3,(H,15,16,19). The van der Waals surface area contributed by atoms with E-state index >= 15 is 0 Å². The Morgan fingerprint density at radius 2 is 1.89 bits per heavy atom. The molecule has 5 heteroatoms. The lowest BCUT2D eigenvalue weighted by atomic mass is 9.89. The summed E-state index contributed by atoms with van der Waals surface area (Å²) in [6.07, 6.45) is 1.90. The summed E-state index contributed by atoms with van der Waals surface area (Å²) in [6.45, 7) is 9.91. The van der Waals surface area contributed by atoms with Crippen LogP contribution in [-0.4, -0.2) is 19.7 Å². The van der Waals surface area contributed by atoms with Crippen LogP contribution in [0.25, 0.3) is 11.4 Å². The van der Waals surface area contributed by atoms with Crippen LogP contribution < -0.4 is 5.56 Å². The minimum Gasteiger partial charge on any atom is -0.306 e. The number of aryl methyl sites for hydroxylation is 2. The van der Waals surface area contributed by atoms with Crippen molar-refractivity contribution >= 4 is 0 Å². The number of nitrogens with zero attached hydrogens (tertiary/aromatic N) is 3. The predicted octanol–water partition coefficient (Wildman–Crippen LogP) is 2.08. The molecule has 0 atom stereocenters. The first-order chi connectivity index (χ1) is 8.70. The summed E-state index contributed by atoms with van der Waals surface area (Å²) >= 11 is 0. The maximum atomic E-state index is 11.9. The van der Waals surface area contributed by atoms with Gasteiger partial charge in [-0.05, 0) is 13.8 Å². The molecule has 0 aromatic carbocycles. The molecule has 2 heterocycles. The minimum atomic E-state index is -0.103. The van der Waals surface area contributed by atoms with Crippen molar-refractivity contribution in [3.05, 3.63) is 33.5 Å². The molecule has 19 heavy (non-hydrogen) atoms. The third kappa shape index (κ3) is 2.45. The first-order valence-corrected chi connectivity index (χ1v) is 6.32. The SMILES string of the molecule is Cc1nc(-c2cn(C)nc2C(C)(C)C)[nH]c(=O)c1C. The number of hydrogen-bond acceptors (Lipinski definition) is 3. The van der Waals surface area contributed by atoms with Crippen molar-refractivity contribution in [1.29, 1.82) is 0 Å². The first kappa shape index (κ1) is 13.5. The Kier molecular flexibility index (Phi) is 3.08. The minimum absolute atomic E-state index is 0.0915. The molecule has 0 saturated heterocycles. The molecular formula is C14H20N4O. The van der Waals surface area contributed by atoms with E-state index in [1.807, 2.05) is 20.2 Å². The molecule has 0 radical (unpaired) electrons. The number of H-pyrrole nitrogens is 1. The zero-order chi connectivity index (χ0) is 14.4. The molecule has 0 aliphatic heterocycles. The summed E-state index contributed by atoms with van der Waals surface area (Å²) < 4.78 is 1.76. The average molecular weight is 260 g/mol. The summed E-state index contributed by atoms with van der Waals surface area (Å²) in [6, 6.07) is 0. The number of aromatic amines is 1. The van der Waals surface area contributed by atoms with Crippen LogP contribution in [-0.2, 0) is 12.5 Å². The highest BCUT2D eigenvalue weighted by atomic mass is 16.1. The van der Waals surface area contributed by atoms with E-state index in [0.717, 1.165) is 17.0 Å². The third-order valence-electron chi connectivity index (χ3n) is 3.19. The molecular weight excluding hydrogens is 240 g/mol. The summed E-state index contributed by atoms with van der Waals surface area (Å²) in [4.78, 5) is 19.2. The smallest absolute Gasteiger partial charge is 0.254 e. The molecule has 2 aromatic heterocycles. The van der Waals surface area contributed by atoms with Gasteiger partial charge in [-0.25, -0.2) is 4.98 Å². The van der Waals surface area contributed by atoms with Crippen LogP contribution in [0.5, 0.6) is 0 Å². The normalized spacial score (nSPS) is 11.9. The van der Waals surface area contributed by atoms with Gasteiger partial charge in [-0.3, -0.25) is 9.48 Å². The van der Waals surface area contributed by atoms with E-state index in [1.165, 1.54) is 0 Å². The van der Waals surface area contributed by atoms with Gasteiger partial charge in [0.15, 0.2) is 0 Å². The fourth-order valence-corrected chi connectivity index (χ4v) is 1.99. The predicted molar refractivity (Wildman–Crippen MR) is 75.2 cm³/mol. The average Bonchev–Trinajstić information content (AvgIpc) is 2.67. The second-order valence-electron chi connectivity index (χ2n) is 5.94. The molecule has 2 rings (SSSR count). The van der Waals surface area contributed by atoms with E-state index in [1.54, 1.807) is 11.6 Å². The Morgan fingerprint density at radius 1 is 1.26 bits per heavy atom. The van der Waals surface area contributed by atoms with E-state index in [4.69, 9.17) is 0 Å². The molecule has 0 saturated carbocycles. The lowest BCUT2D eigenvalue weighted by Gasteiger charge is -2.17. The second-order valence-corrected chi connectivity index (χ2v) is 5.94. The summed E-state index contributed by atoms with van der Waals surface area (Å²) in [7, 11) is 1.87. The van der Waals surface area contributed by atoms with Gasteiger partial charge in [0.2, 0.25) is 0 Å². The van der Waals surface area contributed by atoms with Gasteiger partial charge in [0.1, 0.15) is 5.82 Å². The maximum absolute atomic E-state index is 11.9. The van der Waals surface area contributed by atoms with Crippen LogP contribution in [0.4, 0.5) is 0 Å². The van der Waals surface area contributed by atoms with E-state index in [2.05, 4.69) is 35.8 Å². The third-order valence-corrected chi connectivity index (χ3v) is 3.19. The van der Waals surface area contributed by atoms with Crippen molar-refractivity contribution < 1.29 is 0 Å². The van der Waals surface area contributed by atoms with E-state index in [0.29, 0.717) is 11.4 Å². The zero-order valence-corrected chi connectivity index (χ0v) is 12.3. The molecule has 0 bridgehead atoms. The van der Waals surface area contributed by atoms with Crippen LogP contribution in [0, 0.1) is 13.8 Å². The molecule has 102 valence electrons. The fraction of sp³-hybridized carbons (Fsp3) is 0.500. The Bertz CT molecular complexity index is 674. The molecule has 0 amide bonds. The molecule has 5 nitrogen and oxygen atoms in total. The Balaban J connectivity index is 2.70. The van der Waals surface area contributed by atoms with E-state index in [9.17, 15) is 4.79 Å². The maximum Gasteiger partial charge on any atom is 0.254 e. The Morgan fingerprint density at radius 3 is 2.42 bits per heavy atom. The quantitative estimate of drug-likeness (QED) is 0.854. The van der Waals surface area contributed by atoms with Crippen LogP contribution >= 0.6 is 0 Å². The van der Waals surface area contributed by atoms with Gasteiger partial charge in [0, 0.05) is 29.9 Å². The lowest BCUT2D eigenvalue weighted by molar-refractivity contribution is 0.554. The summed E-state index contributed by atoms with van der Waals surface area (Å²) in [5.41, 5.74) is 3.03. The fourth-order valence-electron chi connectivity index (χ4n) is 1.99. The van der Waals surface area contributed by atoms with Gasteiger partial charge in [0.05, 0.1) is 11.3 Å². The van der Waals surface area contributed by atoms with Crippen LogP contribution in [0.15, 0.2) is 11.0 Å². The molecule has 0 unspecified atom stereocenters. The van der Waals surface area contributed by atoms with Crippen molar-refractivity contribution in [1.82, 2.24) is 19.7 Å². The zero-order valence-electron chi connectivity index (χ0n) is 12.3. The highest BCUT2D eigenvalue weighted by molar-refractivity contribution is 5.59. The lowest BCUT2D eigenvalue weighted by Crippen LogP contribution is -2.17. The molecule has 0 fully saturated rings. The number of nitrogens with one attached hydrogen (secondary N) is 1. The van der Waals surface area contributed by atoms with Crippen molar-refractivity contribution in [2.75, 3.05) is 0 Å². The molecule has 0 aliphatic carbocycles. The van der Waals surface area contributed by atoms with Gasteiger partial charge < -0.3 is 4.98 Å². The van der Waals surface area contributed by atoms with Gasteiger partial charge in [-0.1, -0.05) is 20.8 Å². The van der Waals surface area contributed by atoms with Crippen molar-refractivity contribution in [2.45, 2.75) is 40.0 Å². The van der Waals surface area contributed by atoms with Gasteiger partial charge in [-0.2, -0.15) is 5.10 Å². The monoisotopic (exact) mass is 260 g/mol. The Labute approximate surface area is 112 Å². The second kappa shape index (κ2) is 4.33. The van der Waals surface area contributed by atoms with Crippen molar-refractivity contribution in [2.24, 2.45) is 7.05 Å². The largest absolute Gasteiger partial charge is 0.306 e. The highest BCUT2D eigenvalue weighted by Gasteiger charge is 2.24. The molecule has 0 aliphatic rings. The molecule has 2 aromatic rings. The van der Waals surface area contributed by atoms with E-state index < -0.39 is 0 Å². The number of rotatable bonds is 1.